The maximum atomic E-state index is 12.4. The van der Waals surface area contributed by atoms with Crippen LogP contribution < -0.4 is 16.2 Å². The number of H-pyrrole nitrogens is 2. The molecule has 3 aromatic heterocycles. The lowest BCUT2D eigenvalue weighted by Crippen LogP contribution is -2.31. The molecule has 0 aliphatic carbocycles. The van der Waals surface area contributed by atoms with Crippen LogP contribution in [-0.4, -0.2) is 27.8 Å². The van der Waals surface area contributed by atoms with Gasteiger partial charge in [0.2, 0.25) is 5.91 Å². The van der Waals surface area contributed by atoms with Crippen LogP contribution >= 0.6 is 11.3 Å². The van der Waals surface area contributed by atoms with E-state index in [1.807, 2.05) is 37.4 Å². The summed E-state index contributed by atoms with van der Waals surface area (Å²) in [5.74, 6) is -0.307. The fourth-order valence-corrected chi connectivity index (χ4v) is 3.98. The number of pyridine rings is 1. The first-order valence-electron chi connectivity index (χ1n) is 9.22. The van der Waals surface area contributed by atoms with Gasteiger partial charge in [0, 0.05) is 34.2 Å². The predicted molar refractivity (Wildman–Crippen MR) is 116 cm³/mol. The quantitative estimate of drug-likeness (QED) is 0.407. The Kier molecular flexibility index (Phi) is 4.94. The number of hydrogen-bond acceptors (Lipinski definition) is 4. The van der Waals surface area contributed by atoms with Crippen molar-refractivity contribution in [1.82, 2.24) is 15.3 Å². The molecule has 0 aliphatic heterocycles. The molecule has 1 aromatic carbocycles. The van der Waals surface area contributed by atoms with Crippen molar-refractivity contribution in [2.24, 2.45) is 0 Å². The molecule has 8 heteroatoms. The van der Waals surface area contributed by atoms with Gasteiger partial charge in [-0.1, -0.05) is 6.07 Å². The second-order valence-corrected chi connectivity index (χ2v) is 8.06. The van der Waals surface area contributed by atoms with Crippen LogP contribution in [0, 0.1) is 0 Å². The van der Waals surface area contributed by atoms with Crippen molar-refractivity contribution < 1.29 is 9.59 Å². The Morgan fingerprint density at radius 1 is 1.21 bits per heavy atom. The fourth-order valence-electron chi connectivity index (χ4n) is 3.36. The highest BCUT2D eigenvalue weighted by Gasteiger charge is 2.16. The number of rotatable bonds is 5. The SMILES string of the molecule is CC(C)NC(=O)Cc1c[nH]c(=O)c2[nH]c3ccc(NC(=O)c4cccs4)cc3c12. The lowest BCUT2D eigenvalue weighted by atomic mass is 10.1. The molecule has 7 nitrogen and oxygen atoms in total. The number of aromatic amines is 2. The summed E-state index contributed by atoms with van der Waals surface area (Å²) in [5.41, 5.74) is 2.25. The van der Waals surface area contributed by atoms with Crippen molar-refractivity contribution in [1.29, 1.82) is 0 Å². The molecule has 0 saturated heterocycles. The topological polar surface area (TPSA) is 107 Å². The maximum absolute atomic E-state index is 12.4. The number of aromatic nitrogens is 2. The third-order valence-corrected chi connectivity index (χ3v) is 5.40. The van der Waals surface area contributed by atoms with E-state index in [-0.39, 0.29) is 29.8 Å². The fraction of sp³-hybridized carbons (Fsp3) is 0.190. The largest absolute Gasteiger partial charge is 0.354 e. The van der Waals surface area contributed by atoms with E-state index in [0.717, 1.165) is 10.9 Å². The monoisotopic (exact) mass is 408 g/mol. The summed E-state index contributed by atoms with van der Waals surface area (Å²) in [4.78, 5) is 43.4. The zero-order valence-electron chi connectivity index (χ0n) is 16.0. The number of benzene rings is 1. The molecule has 0 radical (unpaired) electrons. The van der Waals surface area contributed by atoms with E-state index in [0.29, 0.717) is 27.0 Å². The van der Waals surface area contributed by atoms with Gasteiger partial charge in [0.05, 0.1) is 11.3 Å². The van der Waals surface area contributed by atoms with Crippen molar-refractivity contribution in [3.05, 3.63) is 62.7 Å². The average Bonchev–Trinajstić information content (AvgIpc) is 3.31. The van der Waals surface area contributed by atoms with Crippen LogP contribution in [-0.2, 0) is 11.2 Å². The van der Waals surface area contributed by atoms with E-state index in [2.05, 4.69) is 20.6 Å². The summed E-state index contributed by atoms with van der Waals surface area (Å²) in [7, 11) is 0. The Labute approximate surface area is 170 Å². The van der Waals surface area contributed by atoms with Crippen LogP contribution in [0.25, 0.3) is 21.8 Å². The summed E-state index contributed by atoms with van der Waals surface area (Å²) < 4.78 is 0. The predicted octanol–water partition coefficient (Wildman–Crippen LogP) is 3.39. The van der Waals surface area contributed by atoms with Gasteiger partial charge in [0.15, 0.2) is 0 Å². The maximum Gasteiger partial charge on any atom is 0.272 e. The minimum absolute atomic E-state index is 0.0304. The van der Waals surface area contributed by atoms with Crippen LogP contribution in [0.5, 0.6) is 0 Å². The summed E-state index contributed by atoms with van der Waals surface area (Å²) in [6.45, 7) is 3.79. The first-order valence-corrected chi connectivity index (χ1v) is 10.1. The van der Waals surface area contributed by atoms with Crippen LogP contribution in [0.1, 0.15) is 29.1 Å². The molecular formula is C21H20N4O3S. The highest BCUT2D eigenvalue weighted by atomic mass is 32.1. The standard InChI is InChI=1S/C21H20N4O3S/c1-11(2)23-17(26)8-12-10-22-21(28)19-18(12)14-9-13(5-6-15(14)25-19)24-20(27)16-4-3-7-29-16/h3-7,9-11,25H,8H2,1-2H3,(H,22,28)(H,23,26)(H,24,27). The van der Waals surface area contributed by atoms with E-state index in [1.54, 1.807) is 18.3 Å². The average molecular weight is 408 g/mol. The van der Waals surface area contributed by atoms with Gasteiger partial charge in [-0.05, 0) is 49.1 Å². The summed E-state index contributed by atoms with van der Waals surface area (Å²) in [6, 6.07) is 9.03. The third-order valence-electron chi connectivity index (χ3n) is 4.53. The lowest BCUT2D eigenvalue weighted by Gasteiger charge is -2.09. The normalized spacial score (nSPS) is 11.3. The first-order chi connectivity index (χ1) is 13.9. The highest BCUT2D eigenvalue weighted by Crippen LogP contribution is 2.29. The Hall–Kier alpha value is -3.39. The molecule has 0 saturated carbocycles. The Morgan fingerprint density at radius 2 is 2.03 bits per heavy atom. The van der Waals surface area contributed by atoms with Gasteiger partial charge in [0.1, 0.15) is 5.52 Å². The molecule has 4 aromatic rings. The van der Waals surface area contributed by atoms with Crippen molar-refractivity contribution in [2.75, 3.05) is 5.32 Å². The molecule has 0 spiro atoms. The number of carbonyl (C=O) groups excluding carboxylic acids is 2. The highest BCUT2D eigenvalue weighted by molar-refractivity contribution is 7.12. The van der Waals surface area contributed by atoms with Crippen molar-refractivity contribution >= 4 is 50.6 Å². The molecule has 148 valence electrons. The summed E-state index contributed by atoms with van der Waals surface area (Å²) >= 11 is 1.37. The van der Waals surface area contributed by atoms with Gasteiger partial charge in [-0.2, -0.15) is 0 Å². The molecule has 0 bridgehead atoms. The summed E-state index contributed by atoms with van der Waals surface area (Å²) in [6.07, 6.45) is 1.72. The number of thiophene rings is 1. The Balaban J connectivity index is 1.77. The number of carbonyl (C=O) groups is 2. The van der Waals surface area contributed by atoms with Gasteiger partial charge in [-0.25, -0.2) is 0 Å². The first kappa shape index (κ1) is 18.9. The molecule has 0 fully saturated rings. The van der Waals surface area contributed by atoms with E-state index in [4.69, 9.17) is 0 Å². The third kappa shape index (κ3) is 3.79. The number of amides is 2. The molecule has 0 aliphatic rings. The smallest absolute Gasteiger partial charge is 0.272 e. The zero-order valence-corrected chi connectivity index (χ0v) is 16.8. The van der Waals surface area contributed by atoms with Gasteiger partial charge in [-0.15, -0.1) is 11.3 Å². The number of nitrogens with one attached hydrogen (secondary N) is 4. The minimum atomic E-state index is -0.256. The zero-order chi connectivity index (χ0) is 20.5. The molecule has 29 heavy (non-hydrogen) atoms. The molecule has 2 amide bonds. The molecule has 4 N–H and O–H groups in total. The molecule has 0 atom stereocenters. The molecule has 4 rings (SSSR count). The Bertz CT molecular complexity index is 1270. The molecular weight excluding hydrogens is 388 g/mol. The molecule has 3 heterocycles. The van der Waals surface area contributed by atoms with Crippen molar-refractivity contribution in [2.45, 2.75) is 26.3 Å². The van der Waals surface area contributed by atoms with Crippen LogP contribution in [0.4, 0.5) is 5.69 Å². The number of hydrogen-bond donors (Lipinski definition) is 4. The van der Waals surface area contributed by atoms with Crippen LogP contribution in [0.3, 0.4) is 0 Å². The lowest BCUT2D eigenvalue weighted by molar-refractivity contribution is -0.120. The van der Waals surface area contributed by atoms with E-state index >= 15 is 0 Å². The second-order valence-electron chi connectivity index (χ2n) is 7.11. The van der Waals surface area contributed by atoms with Gasteiger partial charge in [0.25, 0.3) is 11.5 Å². The molecule has 0 unspecified atom stereocenters. The van der Waals surface area contributed by atoms with Crippen LogP contribution in [0.15, 0.2) is 46.7 Å². The van der Waals surface area contributed by atoms with Gasteiger partial charge in [-0.3, -0.25) is 14.4 Å². The summed E-state index contributed by atoms with van der Waals surface area (Å²) in [5, 5.41) is 9.07. The number of anilines is 1. The number of fused-ring (bicyclic) bond motifs is 3. The minimum Gasteiger partial charge on any atom is -0.354 e. The van der Waals surface area contributed by atoms with Crippen molar-refractivity contribution in [3.8, 4) is 0 Å². The Morgan fingerprint density at radius 3 is 2.76 bits per heavy atom. The van der Waals surface area contributed by atoms with Crippen LogP contribution in [0.2, 0.25) is 0 Å². The second kappa shape index (κ2) is 7.56. The van der Waals surface area contributed by atoms with E-state index in [9.17, 15) is 14.4 Å². The van der Waals surface area contributed by atoms with Gasteiger partial charge >= 0.3 is 0 Å². The van der Waals surface area contributed by atoms with E-state index in [1.165, 1.54) is 11.3 Å². The van der Waals surface area contributed by atoms with E-state index < -0.39 is 0 Å². The van der Waals surface area contributed by atoms with Gasteiger partial charge < -0.3 is 20.6 Å². The van der Waals surface area contributed by atoms with Crippen molar-refractivity contribution in [3.63, 3.8) is 0 Å².